The fourth-order valence-corrected chi connectivity index (χ4v) is 3.64. The van der Waals surface area contributed by atoms with Crippen molar-refractivity contribution in [2.75, 3.05) is 16.8 Å². The van der Waals surface area contributed by atoms with Crippen LogP contribution in [0.15, 0.2) is 55.0 Å². The summed E-state index contributed by atoms with van der Waals surface area (Å²) in [5.41, 5.74) is 4.98. The first-order valence-electron chi connectivity index (χ1n) is 8.81. The molecule has 27 heavy (non-hydrogen) atoms. The Bertz CT molecular complexity index is 1140. The number of fused-ring (bicyclic) bond motifs is 2. The van der Waals surface area contributed by atoms with Gasteiger partial charge in [0, 0.05) is 47.6 Å². The Kier molecular flexibility index (Phi) is 3.46. The highest BCUT2D eigenvalue weighted by Crippen LogP contribution is 2.33. The van der Waals surface area contributed by atoms with E-state index in [1.54, 1.807) is 0 Å². The van der Waals surface area contributed by atoms with E-state index in [0.717, 1.165) is 28.7 Å². The number of aromatic nitrogens is 4. The lowest BCUT2D eigenvalue weighted by molar-refractivity contribution is 0.257. The van der Waals surface area contributed by atoms with Gasteiger partial charge in [-0.25, -0.2) is 9.78 Å². The molecule has 1 aliphatic heterocycles. The molecule has 2 aromatic heterocycles. The topological polar surface area (TPSA) is 78.8 Å². The molecule has 0 spiro atoms. The summed E-state index contributed by atoms with van der Waals surface area (Å²) in [6, 6.07) is 13.8. The minimum Gasteiger partial charge on any atom is -0.351 e. The number of hydrogen-bond acceptors (Lipinski definition) is 3. The van der Waals surface area contributed by atoms with Crippen LogP contribution < -0.4 is 10.2 Å². The second-order valence-corrected chi connectivity index (χ2v) is 6.71. The molecule has 2 N–H and O–H groups in total. The summed E-state index contributed by atoms with van der Waals surface area (Å²) in [7, 11) is 2.04. The van der Waals surface area contributed by atoms with Crippen LogP contribution in [-0.4, -0.2) is 32.3 Å². The summed E-state index contributed by atoms with van der Waals surface area (Å²) < 4.78 is 2.10. The van der Waals surface area contributed by atoms with E-state index >= 15 is 0 Å². The number of rotatable bonds is 2. The molecular formula is C20H18N6O. The van der Waals surface area contributed by atoms with Crippen LogP contribution in [-0.2, 0) is 13.5 Å². The van der Waals surface area contributed by atoms with Crippen LogP contribution in [0, 0.1) is 0 Å². The summed E-state index contributed by atoms with van der Waals surface area (Å²) in [4.78, 5) is 18.9. The van der Waals surface area contributed by atoms with E-state index in [2.05, 4.69) is 43.3 Å². The predicted octanol–water partition coefficient (Wildman–Crippen LogP) is 3.56. The van der Waals surface area contributed by atoms with Crippen LogP contribution in [0.25, 0.3) is 22.3 Å². The number of anilines is 2. The van der Waals surface area contributed by atoms with Gasteiger partial charge in [-0.1, -0.05) is 12.1 Å². The average molecular weight is 358 g/mol. The second kappa shape index (κ2) is 5.98. The van der Waals surface area contributed by atoms with Crippen molar-refractivity contribution in [1.82, 2.24) is 19.7 Å². The highest BCUT2D eigenvalue weighted by Gasteiger charge is 2.25. The van der Waals surface area contributed by atoms with Crippen molar-refractivity contribution in [3.8, 4) is 11.4 Å². The SMILES string of the molecule is Cn1ccc2cc3c(cc21)CCN3C(=O)Nc1cccc(-c2ncn[nH]2)c1. The lowest BCUT2D eigenvalue weighted by atomic mass is 10.1. The molecule has 0 bridgehead atoms. The number of urea groups is 1. The summed E-state index contributed by atoms with van der Waals surface area (Å²) in [6.07, 6.45) is 4.37. The zero-order valence-electron chi connectivity index (χ0n) is 14.8. The maximum Gasteiger partial charge on any atom is 0.326 e. The number of carbonyl (C=O) groups excluding carboxylic acids is 1. The van der Waals surface area contributed by atoms with Crippen molar-refractivity contribution >= 4 is 28.3 Å². The number of nitrogens with one attached hydrogen (secondary N) is 2. The van der Waals surface area contributed by atoms with Crippen LogP contribution in [0.1, 0.15) is 5.56 Å². The highest BCUT2D eigenvalue weighted by molar-refractivity contribution is 6.04. The van der Waals surface area contributed by atoms with Crippen molar-refractivity contribution < 1.29 is 4.79 Å². The van der Waals surface area contributed by atoms with Gasteiger partial charge >= 0.3 is 6.03 Å². The van der Waals surface area contributed by atoms with Crippen molar-refractivity contribution in [2.24, 2.45) is 7.05 Å². The number of aryl methyl sites for hydroxylation is 1. The average Bonchev–Trinajstić information content (AvgIpc) is 3.41. The monoisotopic (exact) mass is 358 g/mol. The third-order valence-electron chi connectivity index (χ3n) is 5.03. The lowest BCUT2D eigenvalue weighted by Gasteiger charge is -2.18. The molecule has 7 nitrogen and oxygen atoms in total. The molecule has 0 saturated carbocycles. The number of H-pyrrole nitrogens is 1. The van der Waals surface area contributed by atoms with Crippen LogP contribution in [0.2, 0.25) is 0 Å². The summed E-state index contributed by atoms with van der Waals surface area (Å²) in [5.74, 6) is 0.670. The Hall–Kier alpha value is -3.61. The molecule has 1 aliphatic rings. The smallest absolute Gasteiger partial charge is 0.326 e. The van der Waals surface area contributed by atoms with E-state index in [9.17, 15) is 4.79 Å². The first-order chi connectivity index (χ1) is 13.2. The molecule has 0 unspecified atom stereocenters. The number of amides is 2. The van der Waals surface area contributed by atoms with E-state index in [1.165, 1.54) is 17.4 Å². The van der Waals surface area contributed by atoms with Crippen LogP contribution in [0.4, 0.5) is 16.2 Å². The fraction of sp³-hybridized carbons (Fsp3) is 0.150. The number of hydrogen-bond donors (Lipinski definition) is 2. The maximum absolute atomic E-state index is 12.9. The molecule has 0 radical (unpaired) electrons. The normalized spacial score (nSPS) is 13.1. The summed E-state index contributed by atoms with van der Waals surface area (Å²) in [5, 5.41) is 10.8. The van der Waals surface area contributed by atoms with Crippen molar-refractivity contribution in [1.29, 1.82) is 0 Å². The molecular weight excluding hydrogens is 340 g/mol. The van der Waals surface area contributed by atoms with Crippen LogP contribution in [0.5, 0.6) is 0 Å². The highest BCUT2D eigenvalue weighted by atomic mass is 16.2. The Labute approximate surface area is 155 Å². The molecule has 2 aromatic carbocycles. The molecule has 0 atom stereocenters. The Morgan fingerprint density at radius 2 is 2.15 bits per heavy atom. The Morgan fingerprint density at radius 3 is 3.00 bits per heavy atom. The molecule has 5 rings (SSSR count). The predicted molar refractivity (Wildman–Crippen MR) is 105 cm³/mol. The summed E-state index contributed by atoms with van der Waals surface area (Å²) in [6.45, 7) is 0.680. The zero-order chi connectivity index (χ0) is 18.4. The van der Waals surface area contributed by atoms with Gasteiger partial charge in [0.2, 0.25) is 0 Å². The van der Waals surface area contributed by atoms with Gasteiger partial charge < -0.3 is 9.88 Å². The van der Waals surface area contributed by atoms with Gasteiger partial charge in [-0.2, -0.15) is 5.10 Å². The van der Waals surface area contributed by atoms with E-state index in [0.29, 0.717) is 12.4 Å². The zero-order valence-corrected chi connectivity index (χ0v) is 14.8. The van der Waals surface area contributed by atoms with Crippen molar-refractivity contribution in [2.45, 2.75) is 6.42 Å². The number of aromatic amines is 1. The van der Waals surface area contributed by atoms with Gasteiger partial charge in [0.05, 0.1) is 0 Å². The lowest BCUT2D eigenvalue weighted by Crippen LogP contribution is -2.33. The van der Waals surface area contributed by atoms with Gasteiger partial charge in [0.25, 0.3) is 0 Å². The van der Waals surface area contributed by atoms with Gasteiger partial charge in [0.1, 0.15) is 6.33 Å². The molecule has 3 heterocycles. The van der Waals surface area contributed by atoms with Gasteiger partial charge in [-0.15, -0.1) is 0 Å². The third-order valence-corrected chi connectivity index (χ3v) is 5.03. The van der Waals surface area contributed by atoms with Gasteiger partial charge in [0.15, 0.2) is 5.82 Å². The number of carbonyl (C=O) groups is 1. The third kappa shape index (κ3) is 2.64. The maximum atomic E-state index is 12.9. The largest absolute Gasteiger partial charge is 0.351 e. The van der Waals surface area contributed by atoms with Crippen molar-refractivity contribution in [3.05, 3.63) is 60.6 Å². The molecule has 7 heteroatoms. The van der Waals surface area contributed by atoms with Gasteiger partial charge in [-0.3, -0.25) is 10.00 Å². The standard InChI is InChI=1S/C20H18N6O/c1-25-7-5-13-11-18-14(10-17(13)25)6-8-26(18)20(27)23-16-4-2-3-15(9-16)19-21-12-22-24-19/h2-5,7,9-12H,6,8H2,1H3,(H,23,27)(H,21,22,24). The van der Waals surface area contributed by atoms with Gasteiger partial charge in [-0.05, 0) is 42.3 Å². The minimum atomic E-state index is -0.126. The van der Waals surface area contributed by atoms with E-state index < -0.39 is 0 Å². The van der Waals surface area contributed by atoms with E-state index in [1.807, 2.05) is 42.4 Å². The first kappa shape index (κ1) is 15.6. The van der Waals surface area contributed by atoms with Crippen molar-refractivity contribution in [3.63, 3.8) is 0 Å². The molecule has 0 aliphatic carbocycles. The van der Waals surface area contributed by atoms with Crippen LogP contribution >= 0.6 is 0 Å². The Balaban J connectivity index is 1.42. The molecule has 2 amide bonds. The quantitative estimate of drug-likeness (QED) is 0.575. The molecule has 0 saturated heterocycles. The van der Waals surface area contributed by atoms with Crippen LogP contribution in [0.3, 0.4) is 0 Å². The van der Waals surface area contributed by atoms with E-state index in [-0.39, 0.29) is 6.03 Å². The number of nitrogens with zero attached hydrogens (tertiary/aromatic N) is 4. The van der Waals surface area contributed by atoms with E-state index in [4.69, 9.17) is 0 Å². The molecule has 4 aromatic rings. The summed E-state index contributed by atoms with van der Waals surface area (Å²) >= 11 is 0. The Morgan fingerprint density at radius 1 is 1.22 bits per heavy atom. The molecule has 0 fully saturated rings. The second-order valence-electron chi connectivity index (χ2n) is 6.71. The molecule has 134 valence electrons. The minimum absolute atomic E-state index is 0.126. The number of benzene rings is 2. The fourth-order valence-electron chi connectivity index (χ4n) is 3.64. The first-order valence-corrected chi connectivity index (χ1v) is 8.81.